The molecule has 1 aromatic carbocycles. The number of hydrogen-bond donors (Lipinski definition) is 0. The predicted octanol–water partition coefficient (Wildman–Crippen LogP) is 4.02. The minimum absolute atomic E-state index is 0.0475. The zero-order valence-electron chi connectivity index (χ0n) is 11.4. The van der Waals surface area contributed by atoms with E-state index in [0.29, 0.717) is 11.7 Å². The molecule has 0 bridgehead atoms. The number of carbonyl (C=O) groups is 1. The molecule has 0 heterocycles. The number of rotatable bonds is 4. The molecule has 1 aliphatic rings. The molecule has 3 nitrogen and oxygen atoms in total. The number of halogens is 2. The highest BCUT2D eigenvalue weighted by atomic mass is 19.3. The van der Waals surface area contributed by atoms with E-state index in [2.05, 4.69) is 11.7 Å². The van der Waals surface area contributed by atoms with Crippen molar-refractivity contribution in [3.63, 3.8) is 0 Å². The summed E-state index contributed by atoms with van der Waals surface area (Å²) in [6, 6.07) is 5.64. The maximum absolute atomic E-state index is 12.0. The van der Waals surface area contributed by atoms with Gasteiger partial charge in [0.15, 0.2) is 0 Å². The van der Waals surface area contributed by atoms with Crippen LogP contribution in [0.5, 0.6) is 11.5 Å². The highest BCUT2D eigenvalue weighted by molar-refractivity contribution is 5.75. The molecule has 0 N–H and O–H groups in total. The fourth-order valence-electron chi connectivity index (χ4n) is 2.38. The molecule has 1 saturated carbocycles. The van der Waals surface area contributed by atoms with Crippen LogP contribution in [0.3, 0.4) is 0 Å². The summed E-state index contributed by atoms with van der Waals surface area (Å²) in [7, 11) is 0. The van der Waals surface area contributed by atoms with Gasteiger partial charge in [-0.15, -0.1) is 0 Å². The van der Waals surface area contributed by atoms with E-state index in [4.69, 9.17) is 4.74 Å². The maximum Gasteiger partial charge on any atom is 0.387 e. The van der Waals surface area contributed by atoms with E-state index < -0.39 is 6.61 Å². The van der Waals surface area contributed by atoms with Crippen LogP contribution < -0.4 is 9.47 Å². The van der Waals surface area contributed by atoms with Crippen molar-refractivity contribution in [1.82, 2.24) is 0 Å². The average Bonchev–Trinajstić information content (AvgIpc) is 2.41. The van der Waals surface area contributed by atoms with Crippen molar-refractivity contribution in [1.29, 1.82) is 0 Å². The topological polar surface area (TPSA) is 35.5 Å². The van der Waals surface area contributed by atoms with E-state index in [9.17, 15) is 13.6 Å². The Labute approximate surface area is 116 Å². The summed E-state index contributed by atoms with van der Waals surface area (Å²) >= 11 is 0. The first-order valence-corrected chi connectivity index (χ1v) is 6.81. The molecule has 0 radical (unpaired) electrons. The largest absolute Gasteiger partial charge is 0.435 e. The van der Waals surface area contributed by atoms with E-state index in [1.54, 1.807) is 0 Å². The Morgan fingerprint density at radius 1 is 1.10 bits per heavy atom. The Kier molecular flexibility index (Phi) is 4.93. The van der Waals surface area contributed by atoms with Crippen LogP contribution in [-0.2, 0) is 4.79 Å². The third-order valence-electron chi connectivity index (χ3n) is 3.62. The molecule has 0 unspecified atom stereocenters. The van der Waals surface area contributed by atoms with Crippen LogP contribution in [0.2, 0.25) is 0 Å². The molecular formula is C15H18F2O3. The van der Waals surface area contributed by atoms with Gasteiger partial charge >= 0.3 is 12.6 Å². The second-order valence-corrected chi connectivity index (χ2v) is 5.23. The molecule has 20 heavy (non-hydrogen) atoms. The molecule has 0 spiro atoms. The van der Waals surface area contributed by atoms with Crippen molar-refractivity contribution in [3.8, 4) is 11.5 Å². The second kappa shape index (κ2) is 6.68. The number of benzene rings is 1. The molecule has 1 fully saturated rings. The minimum Gasteiger partial charge on any atom is -0.435 e. The van der Waals surface area contributed by atoms with E-state index in [-0.39, 0.29) is 17.6 Å². The van der Waals surface area contributed by atoms with Crippen molar-refractivity contribution in [3.05, 3.63) is 24.3 Å². The van der Waals surface area contributed by atoms with Crippen molar-refractivity contribution in [2.24, 2.45) is 11.8 Å². The Morgan fingerprint density at radius 3 is 2.20 bits per heavy atom. The normalized spacial score (nSPS) is 22.6. The van der Waals surface area contributed by atoms with Crippen LogP contribution in [0.25, 0.3) is 0 Å². The third kappa shape index (κ3) is 4.18. The first-order chi connectivity index (χ1) is 9.54. The van der Waals surface area contributed by atoms with Gasteiger partial charge in [-0.05, 0) is 55.9 Å². The van der Waals surface area contributed by atoms with E-state index >= 15 is 0 Å². The van der Waals surface area contributed by atoms with Gasteiger partial charge in [0, 0.05) is 0 Å². The molecule has 0 saturated heterocycles. The van der Waals surface area contributed by atoms with Gasteiger partial charge in [0.2, 0.25) is 0 Å². The average molecular weight is 284 g/mol. The predicted molar refractivity (Wildman–Crippen MR) is 69.8 cm³/mol. The second-order valence-electron chi connectivity index (χ2n) is 5.23. The lowest BCUT2D eigenvalue weighted by Crippen LogP contribution is -2.24. The fourth-order valence-corrected chi connectivity index (χ4v) is 2.38. The first kappa shape index (κ1) is 14.8. The van der Waals surface area contributed by atoms with Gasteiger partial charge in [0.1, 0.15) is 11.5 Å². The van der Waals surface area contributed by atoms with Crippen molar-refractivity contribution >= 4 is 5.97 Å². The number of hydrogen-bond acceptors (Lipinski definition) is 3. The summed E-state index contributed by atoms with van der Waals surface area (Å²) in [5.74, 6) is 0.786. The molecule has 110 valence electrons. The summed E-state index contributed by atoms with van der Waals surface area (Å²) in [6.45, 7) is -0.670. The lowest BCUT2D eigenvalue weighted by molar-refractivity contribution is -0.140. The molecule has 5 heteroatoms. The number of esters is 1. The first-order valence-electron chi connectivity index (χ1n) is 6.81. The van der Waals surface area contributed by atoms with Crippen LogP contribution in [0.15, 0.2) is 24.3 Å². The fraction of sp³-hybridized carbons (Fsp3) is 0.533. The quantitative estimate of drug-likeness (QED) is 0.619. The number of ether oxygens (including phenoxy) is 2. The van der Waals surface area contributed by atoms with Gasteiger partial charge in [0.25, 0.3) is 0 Å². The van der Waals surface area contributed by atoms with Crippen LogP contribution in [-0.4, -0.2) is 12.6 Å². The van der Waals surface area contributed by atoms with Gasteiger partial charge in [-0.1, -0.05) is 6.92 Å². The Morgan fingerprint density at radius 2 is 1.65 bits per heavy atom. The summed E-state index contributed by atoms with van der Waals surface area (Å²) < 4.78 is 33.5. The zero-order chi connectivity index (χ0) is 14.5. The standard InChI is InChI=1S/C15H18F2O3/c1-10-2-4-11(5-3-10)14(18)19-12-6-8-13(9-7-12)20-15(16)17/h6-11,15H,2-5H2,1H3. The molecule has 0 atom stereocenters. The summed E-state index contributed by atoms with van der Waals surface area (Å²) in [5.41, 5.74) is 0. The van der Waals surface area contributed by atoms with Gasteiger partial charge in [0.05, 0.1) is 5.92 Å². The summed E-state index contributed by atoms with van der Waals surface area (Å²) in [6.07, 6.45) is 3.79. The Balaban J connectivity index is 1.88. The van der Waals surface area contributed by atoms with E-state index in [0.717, 1.165) is 25.7 Å². The van der Waals surface area contributed by atoms with Crippen LogP contribution in [0, 0.1) is 11.8 Å². The molecule has 0 aliphatic heterocycles. The van der Waals surface area contributed by atoms with Crippen LogP contribution in [0.4, 0.5) is 8.78 Å². The van der Waals surface area contributed by atoms with Gasteiger partial charge in [-0.3, -0.25) is 4.79 Å². The third-order valence-corrected chi connectivity index (χ3v) is 3.62. The minimum atomic E-state index is -2.85. The SMILES string of the molecule is CC1CCC(C(=O)Oc2ccc(OC(F)F)cc2)CC1. The Bertz CT molecular complexity index is 437. The van der Waals surface area contributed by atoms with Crippen LogP contribution in [0.1, 0.15) is 32.6 Å². The lowest BCUT2D eigenvalue weighted by atomic mass is 9.83. The lowest BCUT2D eigenvalue weighted by Gasteiger charge is -2.24. The number of alkyl halides is 2. The molecule has 1 aliphatic carbocycles. The van der Waals surface area contributed by atoms with Gasteiger partial charge < -0.3 is 9.47 Å². The number of carbonyl (C=O) groups excluding carboxylic acids is 1. The molecule has 2 rings (SSSR count). The van der Waals surface area contributed by atoms with Gasteiger partial charge in [-0.25, -0.2) is 0 Å². The van der Waals surface area contributed by atoms with E-state index in [1.807, 2.05) is 0 Å². The van der Waals surface area contributed by atoms with Crippen LogP contribution >= 0.6 is 0 Å². The maximum atomic E-state index is 12.0. The highest BCUT2D eigenvalue weighted by Gasteiger charge is 2.25. The summed E-state index contributed by atoms with van der Waals surface area (Å²) in [4.78, 5) is 12.0. The molecule has 0 aromatic heterocycles. The zero-order valence-corrected chi connectivity index (χ0v) is 11.4. The Hall–Kier alpha value is -1.65. The van der Waals surface area contributed by atoms with Crippen molar-refractivity contribution in [2.45, 2.75) is 39.2 Å². The van der Waals surface area contributed by atoms with Crippen molar-refractivity contribution < 1.29 is 23.0 Å². The molecule has 1 aromatic rings. The van der Waals surface area contributed by atoms with Gasteiger partial charge in [-0.2, -0.15) is 8.78 Å². The summed E-state index contributed by atoms with van der Waals surface area (Å²) in [5, 5.41) is 0. The van der Waals surface area contributed by atoms with E-state index in [1.165, 1.54) is 24.3 Å². The smallest absolute Gasteiger partial charge is 0.387 e. The highest BCUT2D eigenvalue weighted by Crippen LogP contribution is 2.29. The monoisotopic (exact) mass is 284 g/mol. The molecular weight excluding hydrogens is 266 g/mol. The molecule has 0 amide bonds. The van der Waals surface area contributed by atoms with Crippen molar-refractivity contribution in [2.75, 3.05) is 0 Å².